The molecule has 2 aromatic heterocycles. The van der Waals surface area contributed by atoms with E-state index < -0.39 is 18.5 Å². The number of rotatable bonds is 10. The largest absolute Gasteiger partial charge is 0.493 e. The van der Waals surface area contributed by atoms with Gasteiger partial charge in [-0.15, -0.1) is 0 Å². The molecule has 0 atom stereocenters. The number of fused-ring (bicyclic) bond motifs is 1. The van der Waals surface area contributed by atoms with Gasteiger partial charge in [-0.3, -0.25) is 4.79 Å². The minimum absolute atomic E-state index is 0.0367. The highest BCUT2D eigenvalue weighted by Crippen LogP contribution is 2.45. The van der Waals surface area contributed by atoms with Crippen LogP contribution in [0.1, 0.15) is 35.8 Å². The van der Waals surface area contributed by atoms with E-state index in [-0.39, 0.29) is 36.1 Å². The average molecular weight is 509 g/mol. The highest BCUT2D eigenvalue weighted by Gasteiger charge is 2.27. The van der Waals surface area contributed by atoms with Gasteiger partial charge >= 0.3 is 5.97 Å². The van der Waals surface area contributed by atoms with Crippen molar-refractivity contribution in [2.24, 2.45) is 0 Å². The number of amides is 1. The number of hydrogen-bond acceptors (Lipinski definition) is 7. The number of methoxy groups -OCH3 is 2. The molecule has 9 nitrogen and oxygen atoms in total. The number of carbonyl (C=O) groups is 2. The van der Waals surface area contributed by atoms with Gasteiger partial charge in [0.05, 0.1) is 33.4 Å². The van der Waals surface area contributed by atoms with Crippen LogP contribution in [0.15, 0.2) is 52.8 Å². The van der Waals surface area contributed by atoms with Crippen molar-refractivity contribution in [3.63, 3.8) is 0 Å². The third-order valence-corrected chi connectivity index (χ3v) is 5.85. The zero-order valence-electron chi connectivity index (χ0n) is 20.5. The molecule has 0 aliphatic heterocycles. The fraction of sp³-hybridized carbons (Fsp3) is 0.222. The summed E-state index contributed by atoms with van der Waals surface area (Å²) in [5.41, 5.74) is 4.14. The fourth-order valence-electron chi connectivity index (χ4n) is 4.12. The standard InChI is InChI=1S/C27H25FN2O7/c1-15-18(7-16-8-22(34-2)27(23(9-16)35-3)37-14-26(32)33)21-13-29-24(28)10-20(21)19(15)11-25(31)30-12-17-5-4-6-36-17/h4-10,13H,11-12,14H2,1-3H3,(H,30,31)(H,32,33). The molecule has 0 bridgehead atoms. The van der Waals surface area contributed by atoms with Crippen molar-refractivity contribution < 1.29 is 37.7 Å². The summed E-state index contributed by atoms with van der Waals surface area (Å²) in [6, 6.07) is 8.16. The van der Waals surface area contributed by atoms with Gasteiger partial charge in [0.15, 0.2) is 18.1 Å². The van der Waals surface area contributed by atoms with E-state index in [0.29, 0.717) is 28.0 Å². The number of benzene rings is 1. The number of carboxylic acid groups (broad SMARTS) is 1. The predicted octanol–water partition coefficient (Wildman–Crippen LogP) is 4.33. The second-order valence-electron chi connectivity index (χ2n) is 8.18. The molecule has 1 aliphatic carbocycles. The molecule has 10 heteroatoms. The summed E-state index contributed by atoms with van der Waals surface area (Å²) in [6.07, 6.45) is 4.85. The van der Waals surface area contributed by atoms with Crippen LogP contribution in [0.2, 0.25) is 0 Å². The Labute approximate surface area is 212 Å². The van der Waals surface area contributed by atoms with Crippen molar-refractivity contribution in [3.8, 4) is 17.2 Å². The molecule has 3 aromatic rings. The summed E-state index contributed by atoms with van der Waals surface area (Å²) in [7, 11) is 2.86. The first-order chi connectivity index (χ1) is 17.8. The molecule has 2 heterocycles. The Bertz CT molecular complexity index is 1370. The number of halogens is 1. The molecule has 1 amide bonds. The highest BCUT2D eigenvalue weighted by atomic mass is 19.1. The van der Waals surface area contributed by atoms with Gasteiger partial charge in [0, 0.05) is 17.8 Å². The third kappa shape index (κ3) is 5.64. The maximum absolute atomic E-state index is 14.1. The minimum atomic E-state index is -1.14. The normalized spacial score (nSPS) is 13.5. The van der Waals surface area contributed by atoms with Crippen LogP contribution in [-0.2, 0) is 16.1 Å². The molecule has 192 valence electrons. The Morgan fingerprint density at radius 2 is 1.89 bits per heavy atom. The van der Waals surface area contributed by atoms with E-state index in [0.717, 1.165) is 11.1 Å². The van der Waals surface area contributed by atoms with E-state index in [1.54, 1.807) is 24.3 Å². The van der Waals surface area contributed by atoms with Gasteiger partial charge in [-0.2, -0.15) is 4.39 Å². The van der Waals surface area contributed by atoms with Crippen LogP contribution < -0.4 is 19.5 Å². The molecule has 0 unspecified atom stereocenters. The van der Waals surface area contributed by atoms with E-state index >= 15 is 0 Å². The van der Waals surface area contributed by atoms with Crippen LogP contribution in [-0.4, -0.2) is 42.8 Å². The van der Waals surface area contributed by atoms with Gasteiger partial charge < -0.3 is 29.1 Å². The van der Waals surface area contributed by atoms with Gasteiger partial charge in [-0.05, 0) is 65.1 Å². The van der Waals surface area contributed by atoms with E-state index in [9.17, 15) is 14.0 Å². The van der Waals surface area contributed by atoms with Crippen LogP contribution in [0.5, 0.6) is 17.2 Å². The highest BCUT2D eigenvalue weighted by molar-refractivity contribution is 6.08. The quantitative estimate of drug-likeness (QED) is 0.389. The molecule has 0 saturated carbocycles. The summed E-state index contributed by atoms with van der Waals surface area (Å²) < 4.78 is 35.5. The fourth-order valence-corrected chi connectivity index (χ4v) is 4.12. The monoisotopic (exact) mass is 508 g/mol. The number of carboxylic acids is 1. The molecule has 1 aromatic carbocycles. The molecule has 0 spiro atoms. The first kappa shape index (κ1) is 25.5. The number of allylic oxidation sites excluding steroid dienone is 2. The number of carbonyl (C=O) groups excluding carboxylic acids is 1. The predicted molar refractivity (Wildman–Crippen MR) is 133 cm³/mol. The second kappa shape index (κ2) is 11.0. The lowest BCUT2D eigenvalue weighted by atomic mass is 10.0. The zero-order chi connectivity index (χ0) is 26.5. The number of aliphatic carboxylic acids is 1. The van der Waals surface area contributed by atoms with Gasteiger partial charge in [0.1, 0.15) is 5.76 Å². The number of furan rings is 1. The summed E-state index contributed by atoms with van der Waals surface area (Å²) >= 11 is 0. The number of aromatic nitrogens is 1. The molecule has 0 saturated heterocycles. The topological polar surface area (TPSA) is 120 Å². The van der Waals surface area contributed by atoms with E-state index in [4.69, 9.17) is 23.7 Å². The average Bonchev–Trinajstić information content (AvgIpc) is 3.48. The second-order valence-corrected chi connectivity index (χ2v) is 8.18. The van der Waals surface area contributed by atoms with Crippen LogP contribution in [0.4, 0.5) is 4.39 Å². The number of ether oxygens (including phenoxy) is 3. The molecule has 37 heavy (non-hydrogen) atoms. The third-order valence-electron chi connectivity index (χ3n) is 5.85. The van der Waals surface area contributed by atoms with Crippen LogP contribution in [0, 0.1) is 5.95 Å². The lowest BCUT2D eigenvalue weighted by Gasteiger charge is -2.15. The Hall–Kier alpha value is -4.60. The van der Waals surface area contributed by atoms with Crippen molar-refractivity contribution in [3.05, 3.63) is 76.8 Å². The summed E-state index contributed by atoms with van der Waals surface area (Å²) in [6.45, 7) is 1.54. The number of hydrogen-bond donors (Lipinski definition) is 2. The van der Waals surface area contributed by atoms with Crippen LogP contribution >= 0.6 is 0 Å². The van der Waals surface area contributed by atoms with Gasteiger partial charge in [-0.25, -0.2) is 9.78 Å². The molecule has 1 aliphatic rings. The van der Waals surface area contributed by atoms with Gasteiger partial charge in [0.25, 0.3) is 0 Å². The van der Waals surface area contributed by atoms with Crippen LogP contribution in [0.25, 0.3) is 17.2 Å². The first-order valence-electron chi connectivity index (χ1n) is 11.3. The Kier molecular flexibility index (Phi) is 7.57. The first-order valence-corrected chi connectivity index (χ1v) is 11.3. The Balaban J connectivity index is 1.69. The summed E-state index contributed by atoms with van der Waals surface area (Å²) in [5.74, 6) is -0.683. The maximum Gasteiger partial charge on any atom is 0.341 e. The summed E-state index contributed by atoms with van der Waals surface area (Å²) in [4.78, 5) is 27.5. The lowest BCUT2D eigenvalue weighted by Crippen LogP contribution is -2.22. The molecule has 2 N–H and O–H groups in total. The van der Waals surface area contributed by atoms with Crippen molar-refractivity contribution in [1.82, 2.24) is 10.3 Å². The van der Waals surface area contributed by atoms with Crippen molar-refractivity contribution >= 4 is 29.1 Å². The van der Waals surface area contributed by atoms with Crippen LogP contribution in [0.3, 0.4) is 0 Å². The van der Waals surface area contributed by atoms with Crippen molar-refractivity contribution in [2.75, 3.05) is 20.8 Å². The summed E-state index contributed by atoms with van der Waals surface area (Å²) in [5, 5.41) is 11.8. The Morgan fingerprint density at radius 1 is 1.16 bits per heavy atom. The van der Waals surface area contributed by atoms with Gasteiger partial charge in [-0.1, -0.05) is 0 Å². The zero-order valence-corrected chi connectivity index (χ0v) is 20.5. The maximum atomic E-state index is 14.1. The van der Waals surface area contributed by atoms with E-state index in [1.807, 2.05) is 13.0 Å². The molecule has 0 radical (unpaired) electrons. The number of pyridine rings is 1. The van der Waals surface area contributed by atoms with Gasteiger partial charge in [0.2, 0.25) is 17.6 Å². The van der Waals surface area contributed by atoms with Crippen molar-refractivity contribution in [1.29, 1.82) is 0 Å². The number of nitrogens with zero attached hydrogens (tertiary/aromatic N) is 1. The molecule has 0 fully saturated rings. The number of nitrogens with one attached hydrogen (secondary N) is 1. The Morgan fingerprint density at radius 3 is 2.51 bits per heavy atom. The van der Waals surface area contributed by atoms with E-state index in [1.165, 1.54) is 32.7 Å². The van der Waals surface area contributed by atoms with Crippen molar-refractivity contribution in [2.45, 2.75) is 19.9 Å². The molecule has 4 rings (SSSR count). The molecular formula is C27H25FN2O7. The minimum Gasteiger partial charge on any atom is -0.493 e. The smallest absolute Gasteiger partial charge is 0.341 e. The lowest BCUT2D eigenvalue weighted by molar-refractivity contribution is -0.139. The molecular weight excluding hydrogens is 483 g/mol. The SMILES string of the molecule is COc1cc(C=C2C(C)=C(CC(=O)NCc3ccco3)c3cc(F)ncc32)cc(OC)c1OCC(=O)O. The van der Waals surface area contributed by atoms with E-state index in [2.05, 4.69) is 10.3 Å².